The Labute approximate surface area is 218 Å². The standard InChI is InChI=1S/C17H16FN3O2.C10H10N4O/c1-20-14-10-13(12(18)9-15(14)23-8-5-16(20)22)21-7-4-11-3-2-6-19-17(11)21;11-9(15)10-12-7-14(13-10)6-8-4-2-1-3-5-8/h2-3,6,9-10H,4-5,7-8H2,1H3;1-5,7H,6H2,(H2,11,15). The van der Waals surface area contributed by atoms with Gasteiger partial charge in [0.05, 0.1) is 30.9 Å². The summed E-state index contributed by atoms with van der Waals surface area (Å²) in [6.07, 6.45) is 4.31. The van der Waals surface area contributed by atoms with Crippen LogP contribution in [0.3, 0.4) is 0 Å². The van der Waals surface area contributed by atoms with Crippen LogP contribution < -0.4 is 20.3 Å². The Balaban J connectivity index is 0.000000170. The molecule has 0 bridgehead atoms. The minimum atomic E-state index is -0.609. The van der Waals surface area contributed by atoms with Crippen molar-refractivity contribution < 1.29 is 18.7 Å². The van der Waals surface area contributed by atoms with Gasteiger partial charge in [0.2, 0.25) is 11.7 Å². The summed E-state index contributed by atoms with van der Waals surface area (Å²) in [5, 5.41) is 3.94. The zero-order chi connectivity index (χ0) is 26.6. The summed E-state index contributed by atoms with van der Waals surface area (Å²) in [4.78, 5) is 34.3. The highest BCUT2D eigenvalue weighted by Crippen LogP contribution is 2.40. The van der Waals surface area contributed by atoms with Gasteiger partial charge in [-0.2, -0.15) is 0 Å². The molecule has 2 N–H and O–H groups in total. The number of rotatable bonds is 4. The number of halogens is 1. The Morgan fingerprint density at radius 3 is 2.66 bits per heavy atom. The zero-order valence-electron chi connectivity index (χ0n) is 20.7. The van der Waals surface area contributed by atoms with E-state index in [0.717, 1.165) is 23.4 Å². The minimum Gasteiger partial charge on any atom is -0.491 e. The molecule has 2 aromatic heterocycles. The van der Waals surface area contributed by atoms with Gasteiger partial charge in [0.25, 0.3) is 5.91 Å². The Morgan fingerprint density at radius 1 is 1.08 bits per heavy atom. The summed E-state index contributed by atoms with van der Waals surface area (Å²) in [5.41, 5.74) is 8.25. The monoisotopic (exact) mass is 515 g/mol. The summed E-state index contributed by atoms with van der Waals surface area (Å²) < 4.78 is 21.7. The summed E-state index contributed by atoms with van der Waals surface area (Å²) in [6, 6.07) is 16.7. The maximum atomic E-state index is 14.6. The van der Waals surface area contributed by atoms with E-state index in [2.05, 4.69) is 15.1 Å². The number of carbonyl (C=O) groups is 2. The lowest BCUT2D eigenvalue weighted by atomic mass is 10.2. The molecule has 0 atom stereocenters. The number of aromatic nitrogens is 4. The molecule has 38 heavy (non-hydrogen) atoms. The highest BCUT2D eigenvalue weighted by Gasteiger charge is 2.28. The maximum Gasteiger partial charge on any atom is 0.288 e. The van der Waals surface area contributed by atoms with Crippen LogP contribution in [0.5, 0.6) is 5.75 Å². The molecular weight excluding hydrogens is 489 g/mol. The van der Waals surface area contributed by atoms with E-state index in [0.29, 0.717) is 30.2 Å². The molecular formula is C27H26FN7O3. The van der Waals surface area contributed by atoms with Crippen molar-refractivity contribution in [3.63, 3.8) is 0 Å². The Morgan fingerprint density at radius 2 is 1.89 bits per heavy atom. The molecule has 2 amide bonds. The predicted octanol–water partition coefficient (Wildman–Crippen LogP) is 3.09. The SMILES string of the molecule is CN1C(=O)CCOc2cc(F)c(N3CCc4cccnc43)cc21.NC(=O)c1ncn(Cc2ccccc2)n1. The number of amides is 2. The van der Waals surface area contributed by atoms with Crippen LogP contribution in [0.4, 0.5) is 21.6 Å². The van der Waals surface area contributed by atoms with E-state index in [1.165, 1.54) is 17.3 Å². The molecule has 2 aromatic carbocycles. The number of ether oxygens (including phenoxy) is 1. The number of nitrogens with zero attached hydrogens (tertiary/aromatic N) is 6. The van der Waals surface area contributed by atoms with Gasteiger partial charge in [0.1, 0.15) is 17.9 Å². The molecule has 0 radical (unpaired) electrons. The highest BCUT2D eigenvalue weighted by molar-refractivity contribution is 5.96. The fraction of sp³-hybridized carbons (Fsp3) is 0.222. The van der Waals surface area contributed by atoms with Crippen LogP contribution in [0.15, 0.2) is 67.1 Å². The molecule has 194 valence electrons. The second kappa shape index (κ2) is 10.7. The Kier molecular flexibility index (Phi) is 6.98. The molecule has 11 heteroatoms. The molecule has 2 aliphatic rings. The van der Waals surface area contributed by atoms with Crippen LogP contribution in [-0.2, 0) is 17.8 Å². The van der Waals surface area contributed by atoms with Gasteiger partial charge in [0.15, 0.2) is 5.82 Å². The third kappa shape index (κ3) is 5.17. The Hall–Kier alpha value is -4.80. The number of hydrogen-bond donors (Lipinski definition) is 1. The van der Waals surface area contributed by atoms with Crippen LogP contribution in [0.1, 0.15) is 28.2 Å². The average molecular weight is 516 g/mol. The first-order valence-corrected chi connectivity index (χ1v) is 12.1. The van der Waals surface area contributed by atoms with E-state index in [-0.39, 0.29) is 30.6 Å². The van der Waals surface area contributed by atoms with E-state index >= 15 is 0 Å². The average Bonchev–Trinajstić information content (AvgIpc) is 3.54. The van der Waals surface area contributed by atoms with Crippen molar-refractivity contribution in [3.05, 3.63) is 89.9 Å². The van der Waals surface area contributed by atoms with Gasteiger partial charge in [-0.1, -0.05) is 36.4 Å². The van der Waals surface area contributed by atoms with Crippen LogP contribution in [0.25, 0.3) is 0 Å². The number of benzene rings is 2. The number of anilines is 3. The molecule has 0 saturated heterocycles. The number of hydrogen-bond acceptors (Lipinski definition) is 7. The third-order valence-corrected chi connectivity index (χ3v) is 6.30. The smallest absolute Gasteiger partial charge is 0.288 e. The van der Waals surface area contributed by atoms with Crippen LogP contribution in [0, 0.1) is 5.82 Å². The van der Waals surface area contributed by atoms with Crippen molar-refractivity contribution in [2.24, 2.45) is 5.73 Å². The normalized spacial score (nSPS) is 14.1. The number of carbonyl (C=O) groups excluding carboxylic acids is 2. The number of nitrogens with two attached hydrogens (primary N) is 1. The molecule has 0 aliphatic carbocycles. The third-order valence-electron chi connectivity index (χ3n) is 6.30. The van der Waals surface area contributed by atoms with Crippen molar-refractivity contribution >= 4 is 29.0 Å². The first-order chi connectivity index (χ1) is 18.4. The summed E-state index contributed by atoms with van der Waals surface area (Å²) in [5.74, 6) is 0.203. The van der Waals surface area contributed by atoms with Gasteiger partial charge in [0, 0.05) is 25.9 Å². The van der Waals surface area contributed by atoms with Crippen molar-refractivity contribution in [2.75, 3.05) is 30.0 Å². The summed E-state index contributed by atoms with van der Waals surface area (Å²) in [6.45, 7) is 1.52. The maximum absolute atomic E-state index is 14.6. The summed E-state index contributed by atoms with van der Waals surface area (Å²) in [7, 11) is 1.69. The molecule has 0 spiro atoms. The fourth-order valence-corrected chi connectivity index (χ4v) is 4.36. The van der Waals surface area contributed by atoms with Gasteiger partial charge in [-0.15, -0.1) is 5.10 Å². The topological polar surface area (TPSA) is 119 Å². The van der Waals surface area contributed by atoms with E-state index in [9.17, 15) is 14.0 Å². The second-order valence-electron chi connectivity index (χ2n) is 8.83. The molecule has 2 aliphatic heterocycles. The molecule has 0 saturated carbocycles. The van der Waals surface area contributed by atoms with Crippen LogP contribution >= 0.6 is 0 Å². The van der Waals surface area contributed by atoms with E-state index in [1.807, 2.05) is 47.4 Å². The molecule has 0 unspecified atom stereocenters. The highest BCUT2D eigenvalue weighted by atomic mass is 19.1. The molecule has 10 nitrogen and oxygen atoms in total. The van der Waals surface area contributed by atoms with Gasteiger partial charge in [-0.05, 0) is 29.7 Å². The van der Waals surface area contributed by atoms with Crippen molar-refractivity contribution in [1.82, 2.24) is 19.7 Å². The number of fused-ring (bicyclic) bond motifs is 2. The predicted molar refractivity (Wildman–Crippen MR) is 139 cm³/mol. The number of pyridine rings is 1. The van der Waals surface area contributed by atoms with Crippen LogP contribution in [-0.4, -0.2) is 51.8 Å². The van der Waals surface area contributed by atoms with Gasteiger partial charge in [-0.3, -0.25) is 9.59 Å². The van der Waals surface area contributed by atoms with Crippen molar-refractivity contribution in [3.8, 4) is 5.75 Å². The lowest BCUT2D eigenvalue weighted by Crippen LogP contribution is -2.25. The molecule has 6 rings (SSSR count). The number of primary amides is 1. The molecule has 4 aromatic rings. The lowest BCUT2D eigenvalue weighted by Gasteiger charge is -2.23. The molecule has 0 fully saturated rings. The first kappa shape index (κ1) is 24.9. The van der Waals surface area contributed by atoms with Gasteiger partial charge < -0.3 is 20.3 Å². The lowest BCUT2D eigenvalue weighted by molar-refractivity contribution is -0.118. The van der Waals surface area contributed by atoms with E-state index in [4.69, 9.17) is 10.5 Å². The van der Waals surface area contributed by atoms with Crippen molar-refractivity contribution in [2.45, 2.75) is 19.4 Å². The molecule has 4 heterocycles. The largest absolute Gasteiger partial charge is 0.491 e. The fourth-order valence-electron chi connectivity index (χ4n) is 4.36. The first-order valence-electron chi connectivity index (χ1n) is 12.1. The summed E-state index contributed by atoms with van der Waals surface area (Å²) >= 11 is 0. The minimum absolute atomic E-state index is 0.0405. The Bertz CT molecular complexity index is 1470. The zero-order valence-corrected chi connectivity index (χ0v) is 20.7. The van der Waals surface area contributed by atoms with Crippen molar-refractivity contribution in [1.29, 1.82) is 0 Å². The van der Waals surface area contributed by atoms with E-state index in [1.54, 1.807) is 24.0 Å². The van der Waals surface area contributed by atoms with Crippen LogP contribution in [0.2, 0.25) is 0 Å². The van der Waals surface area contributed by atoms with Gasteiger partial charge >= 0.3 is 0 Å². The van der Waals surface area contributed by atoms with Gasteiger partial charge in [-0.25, -0.2) is 19.0 Å². The quantitative estimate of drug-likeness (QED) is 0.444. The second-order valence-corrected chi connectivity index (χ2v) is 8.83. The van der Waals surface area contributed by atoms with E-state index < -0.39 is 5.91 Å².